The van der Waals surface area contributed by atoms with Crippen LogP contribution in [0.2, 0.25) is 0 Å². The molecule has 1 aliphatic rings. The van der Waals surface area contributed by atoms with Gasteiger partial charge in [-0.15, -0.1) is 0 Å². The number of H-pyrrole nitrogens is 1. The molecule has 0 radical (unpaired) electrons. The number of aromatic nitrogens is 1. The van der Waals surface area contributed by atoms with Crippen LogP contribution in [0.4, 0.5) is 0 Å². The van der Waals surface area contributed by atoms with Crippen molar-refractivity contribution in [2.45, 2.75) is 19.4 Å². The first-order chi connectivity index (χ1) is 13.6. The minimum atomic E-state index is -0.215. The Morgan fingerprint density at radius 2 is 1.82 bits per heavy atom. The highest BCUT2D eigenvalue weighted by atomic mass is 16.5. The third-order valence-corrected chi connectivity index (χ3v) is 5.17. The van der Waals surface area contributed by atoms with Crippen molar-refractivity contribution < 1.29 is 14.2 Å². The summed E-state index contributed by atoms with van der Waals surface area (Å²) in [5.74, 6) is 2.15. The fourth-order valence-electron chi connectivity index (χ4n) is 3.83. The van der Waals surface area contributed by atoms with Crippen LogP contribution in [0.3, 0.4) is 0 Å². The Bertz CT molecular complexity index is 1070. The van der Waals surface area contributed by atoms with Crippen molar-refractivity contribution in [3.63, 3.8) is 0 Å². The molecule has 6 nitrogen and oxygen atoms in total. The summed E-state index contributed by atoms with van der Waals surface area (Å²) in [6.45, 7) is 3.33. The van der Waals surface area contributed by atoms with E-state index in [0.717, 1.165) is 40.7 Å². The summed E-state index contributed by atoms with van der Waals surface area (Å²) in [7, 11) is 3.25. The molecular formula is C22H24N2O4. The maximum absolute atomic E-state index is 12.8. The van der Waals surface area contributed by atoms with Crippen LogP contribution < -0.4 is 25.1 Å². The van der Waals surface area contributed by atoms with Crippen molar-refractivity contribution in [3.8, 4) is 17.2 Å². The van der Waals surface area contributed by atoms with Gasteiger partial charge in [0.15, 0.2) is 11.5 Å². The number of pyridine rings is 1. The van der Waals surface area contributed by atoms with Crippen LogP contribution in [0, 0.1) is 0 Å². The molecule has 0 amide bonds. The normalized spacial score (nSPS) is 15.9. The first-order valence-electron chi connectivity index (χ1n) is 9.42. The van der Waals surface area contributed by atoms with E-state index in [2.05, 4.69) is 10.3 Å². The first-order valence-corrected chi connectivity index (χ1v) is 9.42. The molecule has 0 saturated carbocycles. The lowest BCUT2D eigenvalue weighted by atomic mass is 9.89. The molecule has 0 saturated heterocycles. The van der Waals surface area contributed by atoms with Gasteiger partial charge in [-0.25, -0.2) is 0 Å². The highest BCUT2D eigenvalue weighted by molar-refractivity contribution is 5.80. The summed E-state index contributed by atoms with van der Waals surface area (Å²) in [5.41, 5.74) is 3.56. The van der Waals surface area contributed by atoms with Gasteiger partial charge in [0.2, 0.25) is 0 Å². The second kappa shape index (κ2) is 7.56. The summed E-state index contributed by atoms with van der Waals surface area (Å²) < 4.78 is 16.5. The average Bonchev–Trinajstić information content (AvgIpc) is 2.72. The number of fused-ring (bicyclic) bond motifs is 2. The molecule has 0 fully saturated rings. The topological polar surface area (TPSA) is 72.6 Å². The lowest BCUT2D eigenvalue weighted by molar-refractivity contribution is 0.340. The number of rotatable bonds is 5. The zero-order valence-electron chi connectivity index (χ0n) is 16.3. The molecule has 1 aliphatic heterocycles. The molecule has 2 aromatic carbocycles. The number of methoxy groups -OCH3 is 2. The van der Waals surface area contributed by atoms with Crippen molar-refractivity contribution >= 4 is 10.9 Å². The van der Waals surface area contributed by atoms with E-state index in [1.807, 2.05) is 43.3 Å². The number of hydrogen-bond acceptors (Lipinski definition) is 5. The third kappa shape index (κ3) is 3.20. The van der Waals surface area contributed by atoms with Gasteiger partial charge in [-0.3, -0.25) is 4.79 Å². The van der Waals surface area contributed by atoms with Crippen LogP contribution in [0.25, 0.3) is 10.9 Å². The molecular weight excluding hydrogens is 356 g/mol. The molecule has 1 aromatic heterocycles. The molecule has 146 valence electrons. The van der Waals surface area contributed by atoms with Crippen molar-refractivity contribution in [3.05, 3.63) is 63.4 Å². The Morgan fingerprint density at radius 3 is 2.57 bits per heavy atom. The third-order valence-electron chi connectivity index (χ3n) is 5.17. The van der Waals surface area contributed by atoms with Gasteiger partial charge in [-0.05, 0) is 60.9 Å². The van der Waals surface area contributed by atoms with E-state index in [-0.39, 0.29) is 11.6 Å². The van der Waals surface area contributed by atoms with Gasteiger partial charge in [-0.2, -0.15) is 0 Å². The molecule has 2 N–H and O–H groups in total. The fraction of sp³-hybridized carbons (Fsp3) is 0.318. The predicted molar refractivity (Wildman–Crippen MR) is 109 cm³/mol. The van der Waals surface area contributed by atoms with Gasteiger partial charge >= 0.3 is 0 Å². The number of aromatic amines is 1. The molecule has 0 unspecified atom stereocenters. The molecule has 0 aliphatic carbocycles. The highest BCUT2D eigenvalue weighted by Gasteiger charge is 2.26. The van der Waals surface area contributed by atoms with E-state index in [9.17, 15) is 4.79 Å². The van der Waals surface area contributed by atoms with Crippen molar-refractivity contribution in [2.24, 2.45) is 0 Å². The van der Waals surface area contributed by atoms with E-state index in [1.165, 1.54) is 0 Å². The van der Waals surface area contributed by atoms with Gasteiger partial charge in [0.05, 0.1) is 26.9 Å². The number of nitrogens with one attached hydrogen (secondary N) is 2. The summed E-state index contributed by atoms with van der Waals surface area (Å²) in [6.07, 6.45) is 0.867. The smallest absolute Gasteiger partial charge is 0.253 e. The van der Waals surface area contributed by atoms with E-state index in [0.29, 0.717) is 23.7 Å². The van der Waals surface area contributed by atoms with E-state index in [1.54, 1.807) is 14.2 Å². The van der Waals surface area contributed by atoms with Crippen LogP contribution >= 0.6 is 0 Å². The van der Waals surface area contributed by atoms with Crippen LogP contribution in [0.1, 0.15) is 29.7 Å². The minimum Gasteiger partial charge on any atom is -0.494 e. The summed E-state index contributed by atoms with van der Waals surface area (Å²) in [4.78, 5) is 15.8. The van der Waals surface area contributed by atoms with Crippen LogP contribution in [0.15, 0.2) is 41.2 Å². The maximum atomic E-state index is 12.8. The Labute approximate surface area is 163 Å². The summed E-state index contributed by atoms with van der Waals surface area (Å²) >= 11 is 0. The van der Waals surface area contributed by atoms with Crippen LogP contribution in [-0.4, -0.2) is 32.4 Å². The monoisotopic (exact) mass is 380 g/mol. The lowest BCUT2D eigenvalue weighted by Crippen LogP contribution is -2.34. The van der Waals surface area contributed by atoms with Crippen molar-refractivity contribution in [2.75, 3.05) is 27.4 Å². The average molecular weight is 380 g/mol. The molecule has 28 heavy (non-hydrogen) atoms. The summed E-state index contributed by atoms with van der Waals surface area (Å²) in [6, 6.07) is 11.4. The molecule has 1 atom stereocenters. The molecule has 3 aromatic rings. The van der Waals surface area contributed by atoms with Crippen molar-refractivity contribution in [1.82, 2.24) is 10.3 Å². The quantitative estimate of drug-likeness (QED) is 0.711. The van der Waals surface area contributed by atoms with E-state index < -0.39 is 0 Å². The van der Waals surface area contributed by atoms with Gasteiger partial charge < -0.3 is 24.5 Å². The minimum absolute atomic E-state index is 0.100. The molecule has 4 rings (SSSR count). The van der Waals surface area contributed by atoms with E-state index in [4.69, 9.17) is 14.2 Å². The molecule has 0 spiro atoms. The van der Waals surface area contributed by atoms with Gasteiger partial charge in [0.1, 0.15) is 5.75 Å². The predicted octanol–water partition coefficient (Wildman–Crippen LogP) is 3.18. The zero-order chi connectivity index (χ0) is 19.7. The Hall–Kier alpha value is -2.99. The largest absolute Gasteiger partial charge is 0.494 e. The van der Waals surface area contributed by atoms with Gasteiger partial charge in [0.25, 0.3) is 5.56 Å². The van der Waals surface area contributed by atoms with Crippen LogP contribution in [-0.2, 0) is 6.42 Å². The Morgan fingerprint density at radius 1 is 1.04 bits per heavy atom. The number of hydrogen-bond donors (Lipinski definition) is 2. The Balaban J connectivity index is 1.84. The fourth-order valence-corrected chi connectivity index (χ4v) is 3.83. The summed E-state index contributed by atoms with van der Waals surface area (Å²) in [5, 5.41) is 4.42. The van der Waals surface area contributed by atoms with Crippen LogP contribution in [0.5, 0.6) is 17.2 Å². The maximum Gasteiger partial charge on any atom is 0.253 e. The van der Waals surface area contributed by atoms with Crippen molar-refractivity contribution in [1.29, 1.82) is 0 Å². The first kappa shape index (κ1) is 18.4. The standard InChI is InChI=1S/C22H24N2O4/c1-4-28-15-5-6-18-14(9-15)10-17(22(25)24-18)21-16-12-20(27-3)19(26-2)11-13(16)7-8-23-21/h5-6,9-12,21,23H,4,7-8H2,1-3H3,(H,24,25)/t21-/m1/s1. The Kier molecular flexibility index (Phi) is 4.96. The second-order valence-corrected chi connectivity index (χ2v) is 6.78. The highest BCUT2D eigenvalue weighted by Crippen LogP contribution is 2.37. The molecule has 2 heterocycles. The molecule has 6 heteroatoms. The molecule has 0 bridgehead atoms. The number of benzene rings is 2. The lowest BCUT2D eigenvalue weighted by Gasteiger charge is -2.28. The number of ether oxygens (including phenoxy) is 3. The zero-order valence-corrected chi connectivity index (χ0v) is 16.3. The SMILES string of the molecule is CCOc1ccc2[nH]c(=O)c([C@@H]3NCCc4cc(OC)c(OC)cc43)cc2c1. The van der Waals surface area contributed by atoms with E-state index >= 15 is 0 Å². The van der Waals surface area contributed by atoms with Gasteiger partial charge in [-0.1, -0.05) is 0 Å². The van der Waals surface area contributed by atoms with Gasteiger partial charge in [0, 0.05) is 23.0 Å². The second-order valence-electron chi connectivity index (χ2n) is 6.78.